The molecule has 1 atom stereocenters. The van der Waals surface area contributed by atoms with Gasteiger partial charge in [0.2, 0.25) is 0 Å². The van der Waals surface area contributed by atoms with Crippen molar-refractivity contribution in [2.24, 2.45) is 0 Å². The maximum atomic E-state index is 5.91. The molecule has 1 aromatic carbocycles. The molecule has 0 spiro atoms. The van der Waals surface area contributed by atoms with Gasteiger partial charge < -0.3 is 0 Å². The molecule has 1 unspecified atom stereocenters. The average Bonchev–Trinajstić information content (AvgIpc) is 2.10. The van der Waals surface area contributed by atoms with Crippen LogP contribution in [0.25, 0.3) is 0 Å². The lowest BCUT2D eigenvalue weighted by Crippen LogP contribution is -1.88. The maximum absolute atomic E-state index is 5.91. The molecule has 0 bridgehead atoms. The van der Waals surface area contributed by atoms with Crippen LogP contribution in [0.15, 0.2) is 18.2 Å². The Labute approximate surface area is 97.4 Å². The van der Waals surface area contributed by atoms with E-state index < -0.39 is 0 Å². The van der Waals surface area contributed by atoms with Crippen LogP contribution in [0.1, 0.15) is 30.2 Å². The van der Waals surface area contributed by atoms with Crippen molar-refractivity contribution in [2.75, 3.05) is 0 Å². The molecule has 1 aromatic rings. The summed E-state index contributed by atoms with van der Waals surface area (Å²) in [6, 6.07) is 5.76. The van der Waals surface area contributed by atoms with E-state index in [2.05, 4.69) is 22.9 Å². The van der Waals surface area contributed by atoms with Crippen LogP contribution in [-0.4, -0.2) is 0 Å². The van der Waals surface area contributed by atoms with Crippen molar-refractivity contribution in [2.45, 2.75) is 24.6 Å². The van der Waals surface area contributed by atoms with E-state index >= 15 is 0 Å². The first-order valence-corrected chi connectivity index (χ1v) is 5.91. The number of halogens is 3. The van der Waals surface area contributed by atoms with Gasteiger partial charge in [0.15, 0.2) is 0 Å². The predicted octanol–water partition coefficient (Wildman–Crippen LogP) is 5.23. The molecule has 72 valence electrons. The molecule has 0 aliphatic carbocycles. The summed E-state index contributed by atoms with van der Waals surface area (Å²) >= 11 is 15.3. The van der Waals surface area contributed by atoms with E-state index in [1.165, 1.54) is 5.56 Å². The van der Waals surface area contributed by atoms with Gasteiger partial charge in [0, 0.05) is 4.83 Å². The van der Waals surface area contributed by atoms with E-state index in [1.54, 1.807) is 0 Å². The Bertz CT molecular complexity index is 286. The Balaban J connectivity index is 2.84. The van der Waals surface area contributed by atoms with Gasteiger partial charge in [-0.15, -0.1) is 0 Å². The van der Waals surface area contributed by atoms with Crippen LogP contribution < -0.4 is 0 Å². The third-order valence-electron chi connectivity index (χ3n) is 1.85. The topological polar surface area (TPSA) is 0 Å². The lowest BCUT2D eigenvalue weighted by atomic mass is 10.1. The molecule has 0 aliphatic heterocycles. The van der Waals surface area contributed by atoms with Gasteiger partial charge in [-0.05, 0) is 24.1 Å². The Kier molecular flexibility index (Phi) is 4.57. The SMILES string of the molecule is CCCC(Br)c1ccc(Cl)c(Cl)c1. The van der Waals surface area contributed by atoms with E-state index in [0.717, 1.165) is 12.8 Å². The molecular weight excluding hydrogens is 271 g/mol. The van der Waals surface area contributed by atoms with Gasteiger partial charge in [-0.1, -0.05) is 58.5 Å². The van der Waals surface area contributed by atoms with E-state index in [9.17, 15) is 0 Å². The normalized spacial score (nSPS) is 12.9. The predicted molar refractivity (Wildman–Crippen MR) is 63.0 cm³/mol. The number of hydrogen-bond acceptors (Lipinski definition) is 0. The molecule has 1 rings (SSSR count). The van der Waals surface area contributed by atoms with Gasteiger partial charge in [-0.25, -0.2) is 0 Å². The summed E-state index contributed by atoms with van der Waals surface area (Å²) in [6.07, 6.45) is 2.26. The van der Waals surface area contributed by atoms with E-state index in [0.29, 0.717) is 14.9 Å². The van der Waals surface area contributed by atoms with Crippen LogP contribution in [0.2, 0.25) is 10.0 Å². The molecule has 0 aromatic heterocycles. The average molecular weight is 282 g/mol. The van der Waals surface area contributed by atoms with Crippen molar-refractivity contribution in [1.29, 1.82) is 0 Å². The largest absolute Gasteiger partial charge is 0.0839 e. The Morgan fingerprint density at radius 3 is 2.54 bits per heavy atom. The fraction of sp³-hybridized carbons (Fsp3) is 0.400. The second-order valence-corrected chi connectivity index (χ2v) is 4.85. The van der Waals surface area contributed by atoms with Crippen molar-refractivity contribution in [1.82, 2.24) is 0 Å². The maximum Gasteiger partial charge on any atom is 0.0595 e. The van der Waals surface area contributed by atoms with E-state index in [4.69, 9.17) is 23.2 Å². The van der Waals surface area contributed by atoms with Crippen LogP contribution in [-0.2, 0) is 0 Å². The van der Waals surface area contributed by atoms with Gasteiger partial charge in [0.25, 0.3) is 0 Å². The third-order valence-corrected chi connectivity index (χ3v) is 3.57. The first-order chi connectivity index (χ1) is 6.15. The molecule has 13 heavy (non-hydrogen) atoms. The van der Waals surface area contributed by atoms with Crippen molar-refractivity contribution in [3.63, 3.8) is 0 Å². The Morgan fingerprint density at radius 2 is 2.00 bits per heavy atom. The van der Waals surface area contributed by atoms with Gasteiger partial charge in [0.1, 0.15) is 0 Å². The Hall–Kier alpha value is 0.280. The standard InChI is InChI=1S/C10H11BrCl2/c1-2-3-8(11)7-4-5-9(12)10(13)6-7/h4-6,8H,2-3H2,1H3. The highest BCUT2D eigenvalue weighted by molar-refractivity contribution is 9.09. The highest BCUT2D eigenvalue weighted by Crippen LogP contribution is 2.32. The van der Waals surface area contributed by atoms with Crippen molar-refractivity contribution in [3.8, 4) is 0 Å². The summed E-state index contributed by atoms with van der Waals surface area (Å²) in [4.78, 5) is 0.382. The van der Waals surface area contributed by atoms with Crippen LogP contribution in [0.4, 0.5) is 0 Å². The molecule has 0 fully saturated rings. The number of rotatable bonds is 3. The number of benzene rings is 1. The quantitative estimate of drug-likeness (QED) is 0.666. The van der Waals surface area contributed by atoms with Crippen LogP contribution in [0.3, 0.4) is 0 Å². The fourth-order valence-electron chi connectivity index (χ4n) is 1.13. The molecule has 0 aliphatic rings. The first kappa shape index (κ1) is 11.4. The van der Waals surface area contributed by atoms with Crippen molar-refractivity contribution in [3.05, 3.63) is 33.8 Å². The molecular formula is C10H11BrCl2. The van der Waals surface area contributed by atoms with Gasteiger partial charge in [-0.3, -0.25) is 0 Å². The lowest BCUT2D eigenvalue weighted by Gasteiger charge is -2.09. The van der Waals surface area contributed by atoms with Crippen molar-refractivity contribution >= 4 is 39.1 Å². The minimum absolute atomic E-state index is 0.382. The second kappa shape index (κ2) is 5.23. The third kappa shape index (κ3) is 3.16. The summed E-state index contributed by atoms with van der Waals surface area (Å²) in [6.45, 7) is 2.16. The minimum atomic E-state index is 0.382. The summed E-state index contributed by atoms with van der Waals surface area (Å²) in [5, 5.41) is 1.24. The van der Waals surface area contributed by atoms with Gasteiger partial charge >= 0.3 is 0 Å². The molecule has 3 heteroatoms. The smallest absolute Gasteiger partial charge is 0.0595 e. The van der Waals surface area contributed by atoms with Crippen molar-refractivity contribution < 1.29 is 0 Å². The summed E-state index contributed by atoms with van der Waals surface area (Å²) in [5.74, 6) is 0. The number of hydrogen-bond donors (Lipinski definition) is 0. The van der Waals surface area contributed by atoms with Gasteiger partial charge in [-0.2, -0.15) is 0 Å². The van der Waals surface area contributed by atoms with Crippen LogP contribution in [0, 0.1) is 0 Å². The molecule has 0 radical (unpaired) electrons. The van der Waals surface area contributed by atoms with Crippen LogP contribution >= 0.6 is 39.1 Å². The molecule has 0 nitrogen and oxygen atoms in total. The Morgan fingerprint density at radius 1 is 1.31 bits per heavy atom. The lowest BCUT2D eigenvalue weighted by molar-refractivity contribution is 0.788. The molecule has 0 heterocycles. The molecule has 0 saturated carbocycles. The first-order valence-electron chi connectivity index (χ1n) is 4.24. The molecule has 0 amide bonds. The summed E-state index contributed by atoms with van der Waals surface area (Å²) in [7, 11) is 0. The zero-order chi connectivity index (χ0) is 9.84. The summed E-state index contributed by atoms with van der Waals surface area (Å²) < 4.78 is 0. The highest BCUT2D eigenvalue weighted by Gasteiger charge is 2.07. The second-order valence-electron chi connectivity index (χ2n) is 2.93. The highest BCUT2D eigenvalue weighted by atomic mass is 79.9. The zero-order valence-electron chi connectivity index (χ0n) is 7.36. The zero-order valence-corrected chi connectivity index (χ0v) is 10.5. The molecule has 0 N–H and O–H groups in total. The van der Waals surface area contributed by atoms with Gasteiger partial charge in [0.05, 0.1) is 10.0 Å². The van der Waals surface area contributed by atoms with E-state index in [-0.39, 0.29) is 0 Å². The van der Waals surface area contributed by atoms with E-state index in [1.807, 2.05) is 18.2 Å². The number of alkyl halides is 1. The minimum Gasteiger partial charge on any atom is -0.0839 e. The molecule has 0 saturated heterocycles. The van der Waals surface area contributed by atoms with Crippen LogP contribution in [0.5, 0.6) is 0 Å². The monoisotopic (exact) mass is 280 g/mol. The summed E-state index contributed by atoms with van der Waals surface area (Å²) in [5.41, 5.74) is 1.19. The fourth-order valence-corrected chi connectivity index (χ4v) is 2.18.